The second-order valence-electron chi connectivity index (χ2n) is 4.08. The van der Waals surface area contributed by atoms with Gasteiger partial charge in [0.1, 0.15) is 0 Å². The Hall–Kier alpha value is -0.660. The average Bonchev–Trinajstić information content (AvgIpc) is 2.64. The van der Waals surface area contributed by atoms with Crippen molar-refractivity contribution < 1.29 is 13.2 Å². The Morgan fingerprint density at radius 2 is 2.12 bits per heavy atom. The third-order valence-corrected chi connectivity index (χ3v) is 4.19. The van der Waals surface area contributed by atoms with Crippen LogP contribution in [-0.4, -0.2) is 39.7 Å². The van der Waals surface area contributed by atoms with Gasteiger partial charge in [0.25, 0.3) is 0 Å². The monoisotopic (exact) mass is 249 g/mol. The maximum absolute atomic E-state index is 11.6. The van der Waals surface area contributed by atoms with Gasteiger partial charge in [0.05, 0.1) is 5.75 Å². The summed E-state index contributed by atoms with van der Waals surface area (Å²) in [5, 5.41) is 2.62. The van der Waals surface area contributed by atoms with E-state index in [4.69, 9.17) is 5.73 Å². The lowest BCUT2D eigenvalue weighted by atomic mass is 10.1. The molecule has 0 heterocycles. The molecule has 0 aliphatic heterocycles. The molecule has 0 aromatic rings. The van der Waals surface area contributed by atoms with E-state index in [0.29, 0.717) is 6.42 Å². The van der Waals surface area contributed by atoms with Crippen molar-refractivity contribution in [1.29, 1.82) is 0 Å². The van der Waals surface area contributed by atoms with Crippen molar-refractivity contribution in [2.45, 2.75) is 25.3 Å². The molecule has 6 nitrogen and oxygen atoms in total. The Kier molecular flexibility index (Phi) is 4.69. The number of hydrogen-bond donors (Lipinski definition) is 3. The van der Waals surface area contributed by atoms with E-state index in [1.165, 1.54) is 7.05 Å². The zero-order valence-corrected chi connectivity index (χ0v) is 10.2. The van der Waals surface area contributed by atoms with Crippen molar-refractivity contribution in [1.82, 2.24) is 10.0 Å². The molecule has 0 radical (unpaired) electrons. The molecule has 0 bridgehead atoms. The number of nitrogens with one attached hydrogen (secondary N) is 2. The fourth-order valence-corrected chi connectivity index (χ4v) is 2.38. The zero-order valence-electron chi connectivity index (χ0n) is 9.40. The van der Waals surface area contributed by atoms with Crippen LogP contribution in [0.2, 0.25) is 0 Å². The van der Waals surface area contributed by atoms with Crippen LogP contribution in [0.15, 0.2) is 0 Å². The highest BCUT2D eigenvalue weighted by molar-refractivity contribution is 7.89. The molecule has 94 valence electrons. The molecule has 1 amide bonds. The standard InChI is InChI=1S/C9H19N3O3S/c1-11-16(14,15)5-4-12-9(13)7-2-3-8(10)6-7/h7-8,11H,2-6,10H2,1H3,(H,12,13). The minimum atomic E-state index is -3.24. The van der Waals surface area contributed by atoms with E-state index in [0.717, 1.165) is 12.8 Å². The van der Waals surface area contributed by atoms with Crippen LogP contribution in [0.4, 0.5) is 0 Å². The number of carbonyl (C=O) groups excluding carboxylic acids is 1. The van der Waals surface area contributed by atoms with Crippen LogP contribution < -0.4 is 15.8 Å². The Bertz CT molecular complexity index is 342. The number of carbonyl (C=O) groups is 1. The van der Waals surface area contributed by atoms with Gasteiger partial charge >= 0.3 is 0 Å². The number of hydrogen-bond acceptors (Lipinski definition) is 4. The molecule has 16 heavy (non-hydrogen) atoms. The summed E-state index contributed by atoms with van der Waals surface area (Å²) in [6, 6.07) is 0.108. The van der Waals surface area contributed by atoms with Gasteiger partial charge in [0, 0.05) is 18.5 Å². The summed E-state index contributed by atoms with van der Waals surface area (Å²) in [6.07, 6.45) is 2.36. The third kappa shape index (κ3) is 4.07. The highest BCUT2D eigenvalue weighted by atomic mass is 32.2. The molecule has 0 aromatic heterocycles. The lowest BCUT2D eigenvalue weighted by Crippen LogP contribution is -2.36. The number of amides is 1. The summed E-state index contributed by atoms with van der Waals surface area (Å²) in [4.78, 5) is 11.6. The summed E-state index contributed by atoms with van der Waals surface area (Å²) < 4.78 is 24.3. The van der Waals surface area contributed by atoms with Crippen molar-refractivity contribution in [2.24, 2.45) is 11.7 Å². The summed E-state index contributed by atoms with van der Waals surface area (Å²) in [5.41, 5.74) is 5.70. The van der Waals surface area contributed by atoms with Gasteiger partial charge in [-0.3, -0.25) is 4.79 Å². The third-order valence-electron chi connectivity index (χ3n) is 2.83. The van der Waals surface area contributed by atoms with Crippen molar-refractivity contribution in [2.75, 3.05) is 19.3 Å². The van der Waals surface area contributed by atoms with Crippen LogP contribution >= 0.6 is 0 Å². The van der Waals surface area contributed by atoms with Crippen molar-refractivity contribution in [3.05, 3.63) is 0 Å². The van der Waals surface area contributed by atoms with Crippen LogP contribution in [0.5, 0.6) is 0 Å². The van der Waals surface area contributed by atoms with Gasteiger partial charge in [-0.1, -0.05) is 0 Å². The zero-order chi connectivity index (χ0) is 12.2. The fraction of sp³-hybridized carbons (Fsp3) is 0.889. The first kappa shape index (κ1) is 13.4. The van der Waals surface area contributed by atoms with Crippen LogP contribution in [0.25, 0.3) is 0 Å². The summed E-state index contributed by atoms with van der Waals surface area (Å²) in [6.45, 7) is 0.147. The topological polar surface area (TPSA) is 101 Å². The molecule has 4 N–H and O–H groups in total. The molecule has 1 rings (SSSR count). The Morgan fingerprint density at radius 3 is 2.62 bits per heavy atom. The molecule has 1 aliphatic carbocycles. The molecular formula is C9H19N3O3S. The largest absolute Gasteiger partial charge is 0.355 e. The van der Waals surface area contributed by atoms with Crippen LogP contribution in [-0.2, 0) is 14.8 Å². The first-order chi connectivity index (χ1) is 7.44. The van der Waals surface area contributed by atoms with Gasteiger partial charge in [-0.05, 0) is 26.3 Å². The minimum absolute atomic E-state index is 0.0488. The fourth-order valence-electron chi connectivity index (χ4n) is 1.81. The average molecular weight is 249 g/mol. The Balaban J connectivity index is 2.26. The van der Waals surface area contributed by atoms with Gasteiger partial charge in [0.15, 0.2) is 0 Å². The molecule has 2 unspecified atom stereocenters. The Morgan fingerprint density at radius 1 is 1.44 bits per heavy atom. The molecule has 0 spiro atoms. The molecule has 2 atom stereocenters. The molecule has 1 fully saturated rings. The molecule has 1 aliphatic rings. The SMILES string of the molecule is CNS(=O)(=O)CCNC(=O)C1CCC(N)C1. The summed E-state index contributed by atoms with van der Waals surface area (Å²) in [7, 11) is -1.88. The van der Waals surface area contributed by atoms with Crippen LogP contribution in [0.3, 0.4) is 0 Å². The predicted octanol–water partition coefficient (Wildman–Crippen LogP) is -1.22. The smallest absolute Gasteiger partial charge is 0.223 e. The van der Waals surface area contributed by atoms with Crippen molar-refractivity contribution in [3.63, 3.8) is 0 Å². The van der Waals surface area contributed by atoms with Gasteiger partial charge in [-0.25, -0.2) is 13.1 Å². The van der Waals surface area contributed by atoms with E-state index in [1.807, 2.05) is 0 Å². The lowest BCUT2D eigenvalue weighted by molar-refractivity contribution is -0.124. The second kappa shape index (κ2) is 5.60. The van der Waals surface area contributed by atoms with Crippen molar-refractivity contribution >= 4 is 15.9 Å². The van der Waals surface area contributed by atoms with E-state index in [1.54, 1.807) is 0 Å². The highest BCUT2D eigenvalue weighted by Gasteiger charge is 2.27. The Labute approximate surface area is 96.0 Å². The first-order valence-corrected chi connectivity index (χ1v) is 7.04. The first-order valence-electron chi connectivity index (χ1n) is 5.39. The maximum atomic E-state index is 11.6. The highest BCUT2D eigenvalue weighted by Crippen LogP contribution is 2.23. The maximum Gasteiger partial charge on any atom is 0.223 e. The predicted molar refractivity (Wildman–Crippen MR) is 61.2 cm³/mol. The molecule has 1 saturated carbocycles. The number of rotatable bonds is 5. The molecule has 7 heteroatoms. The van der Waals surface area contributed by atoms with Crippen LogP contribution in [0, 0.1) is 5.92 Å². The van der Waals surface area contributed by atoms with Gasteiger partial charge < -0.3 is 11.1 Å². The normalized spacial score (nSPS) is 25.6. The van der Waals surface area contributed by atoms with E-state index in [-0.39, 0.29) is 30.2 Å². The summed E-state index contributed by atoms with van der Waals surface area (Å²) >= 11 is 0. The van der Waals surface area contributed by atoms with Gasteiger partial charge in [-0.15, -0.1) is 0 Å². The van der Waals surface area contributed by atoms with E-state index < -0.39 is 10.0 Å². The van der Waals surface area contributed by atoms with Gasteiger partial charge in [0.2, 0.25) is 15.9 Å². The number of nitrogens with two attached hydrogens (primary N) is 1. The molecular weight excluding hydrogens is 230 g/mol. The molecule has 0 saturated heterocycles. The minimum Gasteiger partial charge on any atom is -0.355 e. The molecule has 0 aromatic carbocycles. The van der Waals surface area contributed by atoms with Crippen molar-refractivity contribution in [3.8, 4) is 0 Å². The quantitative estimate of drug-likeness (QED) is 0.568. The van der Waals surface area contributed by atoms with Gasteiger partial charge in [-0.2, -0.15) is 0 Å². The summed E-state index contributed by atoms with van der Waals surface area (Å²) in [5.74, 6) is -0.222. The lowest BCUT2D eigenvalue weighted by Gasteiger charge is -2.10. The van der Waals surface area contributed by atoms with E-state index in [9.17, 15) is 13.2 Å². The number of sulfonamides is 1. The van der Waals surface area contributed by atoms with Crippen LogP contribution in [0.1, 0.15) is 19.3 Å². The second-order valence-corrected chi connectivity index (χ2v) is 6.13. The van der Waals surface area contributed by atoms with E-state index >= 15 is 0 Å². The van der Waals surface area contributed by atoms with E-state index in [2.05, 4.69) is 10.0 Å².